The van der Waals surface area contributed by atoms with E-state index in [1.807, 2.05) is 178 Å². The first-order valence-corrected chi connectivity index (χ1v) is 27.4. The molecule has 0 bridgehead atoms. The van der Waals surface area contributed by atoms with Gasteiger partial charge in [0, 0.05) is 69.8 Å². The molecule has 4 heterocycles. The highest BCUT2D eigenvalue weighted by Crippen LogP contribution is 2.44. The Labute approximate surface area is 479 Å². The number of H-pyrrole nitrogens is 2. The lowest BCUT2D eigenvalue weighted by Gasteiger charge is -2.21. The molecule has 0 radical (unpaired) electrons. The molecule has 2 aliphatic heterocycles. The number of carbonyl (C=O) groups excluding carboxylic acids is 4. The Morgan fingerprint density at radius 3 is 1.42 bits per heavy atom. The lowest BCUT2D eigenvalue weighted by molar-refractivity contribution is 0.0326. The summed E-state index contributed by atoms with van der Waals surface area (Å²) in [5.41, 5.74) is 28.2. The molecule has 422 valence electrons. The number of methoxy groups -OCH3 is 1. The molecule has 0 saturated carbocycles. The van der Waals surface area contributed by atoms with Crippen molar-refractivity contribution in [2.45, 2.75) is 53.0 Å². The van der Waals surface area contributed by atoms with Crippen LogP contribution in [0, 0.1) is 27.7 Å². The molecule has 83 heavy (non-hydrogen) atoms. The Balaban J connectivity index is 0.000000174. The number of aliphatic hydroxyl groups is 2. The highest BCUT2D eigenvalue weighted by atomic mass is 16.5. The Morgan fingerprint density at radius 2 is 1.00 bits per heavy atom. The third-order valence-corrected chi connectivity index (χ3v) is 15.7. The van der Waals surface area contributed by atoms with Crippen molar-refractivity contribution in [3.8, 4) is 33.8 Å². The van der Waals surface area contributed by atoms with Gasteiger partial charge in [-0.1, -0.05) is 71.8 Å². The number of aromatic nitrogens is 2. The molecule has 8 aromatic carbocycles. The fourth-order valence-electron chi connectivity index (χ4n) is 11.8. The quantitative estimate of drug-likeness (QED) is 0.0536. The van der Waals surface area contributed by atoms with Gasteiger partial charge in [-0.25, -0.2) is 0 Å². The largest absolute Gasteiger partial charge is 0.491 e. The van der Waals surface area contributed by atoms with E-state index in [9.17, 15) is 29.4 Å². The number of nitrogens with one attached hydrogen (secondary N) is 2. The SMILES string of the molecule is COCC(O)COc1ccc2c(c1)[nH]c1c(C(N)=O)ccc(-c3cccc(N4Cc5ccc(C)cc5C4=O)c3C)c12.Cc1ccc2c(c1)C(=O)N(c1cccc(-c3ccc(C(N)=O)c4[nH]c5cc(OCC(O)CN(C)C)ccc5c34)c1C)C2. The molecule has 2 aromatic heterocycles. The molecule has 0 fully saturated rings. The number of aromatic amines is 2. The van der Waals surface area contributed by atoms with Gasteiger partial charge in [-0.05, 0) is 147 Å². The zero-order valence-electron chi connectivity index (χ0n) is 47.3. The Bertz CT molecular complexity index is 4260. The van der Waals surface area contributed by atoms with Crippen LogP contribution in [-0.4, -0.2) is 108 Å². The number of aryl methyl sites for hydroxylation is 2. The van der Waals surface area contributed by atoms with Crippen molar-refractivity contribution >= 4 is 78.6 Å². The second kappa shape index (κ2) is 22.6. The zero-order valence-corrected chi connectivity index (χ0v) is 47.3. The van der Waals surface area contributed by atoms with Gasteiger partial charge in [-0.2, -0.15) is 0 Å². The number of benzene rings is 8. The average Bonchev–Trinajstić information content (AvgIpc) is 4.35. The summed E-state index contributed by atoms with van der Waals surface area (Å²) in [6, 6.07) is 42.6. The Morgan fingerprint density at radius 1 is 0.554 bits per heavy atom. The molecule has 4 amide bonds. The minimum absolute atomic E-state index is 0.00139. The fraction of sp³-hybridized carbons (Fsp3) is 0.224. The predicted molar refractivity (Wildman–Crippen MR) is 326 cm³/mol. The van der Waals surface area contributed by atoms with Crippen LogP contribution in [0.5, 0.6) is 11.5 Å². The van der Waals surface area contributed by atoms with Crippen molar-refractivity contribution in [1.82, 2.24) is 14.9 Å². The molecule has 2 aliphatic rings. The second-order valence-electron chi connectivity index (χ2n) is 21.9. The van der Waals surface area contributed by atoms with Gasteiger partial charge in [0.05, 0.1) is 52.9 Å². The lowest BCUT2D eigenvalue weighted by atomic mass is 9.93. The lowest BCUT2D eigenvalue weighted by Crippen LogP contribution is -2.30. The van der Waals surface area contributed by atoms with Crippen LogP contribution in [0.3, 0.4) is 0 Å². The first-order chi connectivity index (χ1) is 39.9. The summed E-state index contributed by atoms with van der Waals surface area (Å²) >= 11 is 0. The average molecular weight is 1110 g/mol. The van der Waals surface area contributed by atoms with Crippen LogP contribution in [0.1, 0.15) is 74.8 Å². The molecule has 2 unspecified atom stereocenters. The summed E-state index contributed by atoms with van der Waals surface area (Å²) in [4.78, 5) is 64.0. The monoisotopic (exact) mass is 1110 g/mol. The number of nitrogens with two attached hydrogens (primary N) is 2. The van der Waals surface area contributed by atoms with E-state index in [2.05, 4.69) is 9.97 Å². The number of carbonyl (C=O) groups is 4. The number of fused-ring (bicyclic) bond motifs is 8. The van der Waals surface area contributed by atoms with Crippen LogP contribution in [0.2, 0.25) is 0 Å². The normalized spacial score (nSPS) is 13.7. The van der Waals surface area contributed by atoms with E-state index < -0.39 is 24.0 Å². The first kappa shape index (κ1) is 55.6. The number of ether oxygens (including phenoxy) is 3. The Kier molecular flexibility index (Phi) is 15.1. The molecule has 0 saturated heterocycles. The van der Waals surface area contributed by atoms with E-state index in [1.165, 1.54) is 7.11 Å². The standard InChI is InChI=1S/C34H34N4O4.C33H31N3O5/c1-19-8-9-21-16-38(34(41)28(21)14-19)30-7-5-6-24(20(30)2)25-12-13-27(33(35)40)32-31(25)26-11-10-23(15-29(26)36-32)42-18-22(39)17-37(3)4;1-18-7-8-20-15-36(33(39)27(20)13-18)29-6-4-5-23(19(29)2)24-11-12-26(32(34)38)31-30(24)25-10-9-22(14-28(25)35-31)41-17-21(37)16-40-3/h5-15,22,36,39H,16-18H2,1-4H3,(H2,35,40);4-14,21,35,37H,15-17H2,1-3H3,(H2,34,38). The summed E-state index contributed by atoms with van der Waals surface area (Å²) in [6.07, 6.45) is -1.37. The third kappa shape index (κ3) is 10.5. The number of likely N-dealkylation sites (N-methyl/N-ethyl adjacent to an activating group) is 1. The summed E-state index contributed by atoms with van der Waals surface area (Å²) in [5.74, 6) is 0.111. The third-order valence-electron chi connectivity index (χ3n) is 15.7. The molecule has 2 atom stereocenters. The molecule has 10 aromatic rings. The van der Waals surface area contributed by atoms with E-state index in [0.29, 0.717) is 53.3 Å². The maximum absolute atomic E-state index is 13.4. The van der Waals surface area contributed by atoms with Crippen LogP contribution < -0.4 is 30.7 Å². The van der Waals surface area contributed by atoms with Crippen molar-refractivity contribution in [3.05, 3.63) is 189 Å². The van der Waals surface area contributed by atoms with Gasteiger partial charge in [-0.3, -0.25) is 19.2 Å². The van der Waals surface area contributed by atoms with E-state index in [-0.39, 0.29) is 31.6 Å². The number of anilines is 2. The second-order valence-corrected chi connectivity index (χ2v) is 21.9. The number of hydrogen-bond donors (Lipinski definition) is 6. The van der Waals surface area contributed by atoms with E-state index in [1.54, 1.807) is 12.1 Å². The van der Waals surface area contributed by atoms with Gasteiger partial charge in [0.2, 0.25) is 0 Å². The highest BCUT2D eigenvalue weighted by Gasteiger charge is 2.32. The number of amides is 4. The molecular weight excluding hydrogens is 1050 g/mol. The van der Waals surface area contributed by atoms with Crippen LogP contribution >= 0.6 is 0 Å². The maximum atomic E-state index is 13.4. The van der Waals surface area contributed by atoms with Gasteiger partial charge < -0.3 is 60.6 Å². The molecular formula is C67H65N7O9. The number of aliphatic hydroxyl groups excluding tert-OH is 2. The number of rotatable bonds is 16. The van der Waals surface area contributed by atoms with Gasteiger partial charge in [0.1, 0.15) is 36.9 Å². The summed E-state index contributed by atoms with van der Waals surface area (Å²) < 4.78 is 16.6. The summed E-state index contributed by atoms with van der Waals surface area (Å²) in [7, 11) is 5.32. The van der Waals surface area contributed by atoms with Crippen molar-refractivity contribution in [1.29, 1.82) is 0 Å². The van der Waals surface area contributed by atoms with Crippen LogP contribution in [-0.2, 0) is 17.8 Å². The molecule has 8 N–H and O–H groups in total. The Hall–Kier alpha value is -9.32. The van der Waals surface area contributed by atoms with E-state index >= 15 is 0 Å². The van der Waals surface area contributed by atoms with Crippen molar-refractivity contribution in [2.24, 2.45) is 11.5 Å². The molecule has 0 aliphatic carbocycles. The van der Waals surface area contributed by atoms with Crippen molar-refractivity contribution in [2.75, 3.05) is 57.4 Å². The highest BCUT2D eigenvalue weighted by molar-refractivity contribution is 6.22. The topological polar surface area (TPSA) is 230 Å². The summed E-state index contributed by atoms with van der Waals surface area (Å²) in [6.45, 7) is 9.98. The van der Waals surface area contributed by atoms with Crippen LogP contribution in [0.15, 0.2) is 133 Å². The van der Waals surface area contributed by atoms with Crippen LogP contribution in [0.4, 0.5) is 11.4 Å². The molecule has 16 nitrogen and oxygen atoms in total. The van der Waals surface area contributed by atoms with Gasteiger partial charge in [0.15, 0.2) is 0 Å². The first-order valence-electron chi connectivity index (χ1n) is 27.4. The fourth-order valence-corrected chi connectivity index (χ4v) is 11.8. The predicted octanol–water partition coefficient (Wildman–Crippen LogP) is 10.4. The number of primary amides is 2. The minimum Gasteiger partial charge on any atom is -0.491 e. The van der Waals surface area contributed by atoms with E-state index in [0.717, 1.165) is 111 Å². The van der Waals surface area contributed by atoms with E-state index in [4.69, 9.17) is 25.7 Å². The maximum Gasteiger partial charge on any atom is 0.258 e. The van der Waals surface area contributed by atoms with Crippen molar-refractivity contribution < 1.29 is 43.6 Å². The van der Waals surface area contributed by atoms with Gasteiger partial charge in [-0.15, -0.1) is 0 Å². The number of nitrogens with zero attached hydrogens (tertiary/aromatic N) is 3. The van der Waals surface area contributed by atoms with Gasteiger partial charge >= 0.3 is 0 Å². The van der Waals surface area contributed by atoms with Crippen LogP contribution in [0.25, 0.3) is 65.9 Å². The smallest absolute Gasteiger partial charge is 0.258 e. The van der Waals surface area contributed by atoms with Gasteiger partial charge in [0.25, 0.3) is 23.6 Å². The molecule has 0 spiro atoms. The minimum atomic E-state index is -0.749. The van der Waals surface area contributed by atoms with Crippen molar-refractivity contribution in [3.63, 3.8) is 0 Å². The number of hydrogen-bond acceptors (Lipinski definition) is 10. The summed E-state index contributed by atoms with van der Waals surface area (Å²) in [5, 5.41) is 23.7. The molecule has 12 rings (SSSR count). The zero-order chi connectivity index (χ0) is 58.5. The molecule has 16 heteroatoms.